The molecule has 0 aromatic heterocycles. The van der Waals surface area contributed by atoms with Crippen molar-refractivity contribution in [3.05, 3.63) is 12.2 Å². The molecule has 3 fully saturated rings. The molecule has 3 N–H and O–H groups in total. The number of nitrogens with zero attached hydrogens (tertiary/aromatic N) is 1. The summed E-state index contributed by atoms with van der Waals surface area (Å²) in [6, 6.07) is -2.13. The summed E-state index contributed by atoms with van der Waals surface area (Å²) >= 11 is 0. The zero-order valence-corrected chi connectivity index (χ0v) is 26.4. The third-order valence-corrected chi connectivity index (χ3v) is 10.7. The lowest BCUT2D eigenvalue weighted by atomic mass is 10.0. The van der Waals surface area contributed by atoms with E-state index in [-0.39, 0.29) is 19.4 Å². The Kier molecular flexibility index (Phi) is 9.20. The summed E-state index contributed by atoms with van der Waals surface area (Å²) < 4.78 is 37.7. The number of fused-ring (bicyclic) bond motifs is 2. The van der Waals surface area contributed by atoms with Crippen LogP contribution in [0.3, 0.4) is 0 Å². The van der Waals surface area contributed by atoms with Crippen LogP contribution in [0.15, 0.2) is 12.2 Å². The van der Waals surface area contributed by atoms with Crippen LogP contribution < -0.4 is 15.4 Å². The summed E-state index contributed by atoms with van der Waals surface area (Å²) in [5.41, 5.74) is -2.30. The van der Waals surface area contributed by atoms with Gasteiger partial charge in [-0.05, 0) is 66.2 Å². The Bertz CT molecular complexity index is 1290. The summed E-state index contributed by atoms with van der Waals surface area (Å²) in [5, 5.41) is 5.42. The lowest BCUT2D eigenvalue weighted by molar-refractivity contribution is -0.146. The fourth-order valence-corrected chi connectivity index (χ4v) is 6.94. The molecular formula is C29H44N4O9S. The topological polar surface area (TPSA) is 177 Å². The smallest absolute Gasteiger partial charge is 0.408 e. The first-order chi connectivity index (χ1) is 20.0. The number of sulfonamides is 1. The molecule has 0 unspecified atom stereocenters. The number of allylic oxidation sites excluding steroid dienone is 1. The standard InChI is InChI=1S/C29H44N4O9S/c1-18(34)41-20-15-22-23(35)31-29(25(37)32-43(39,40)28(5)13-14-28)16-19(29)11-9-7-6-8-10-12-21(24(36)33(22)17-20)30-26(38)42-27(2,3)4/h9,11,19-22H,6-8,10,12-17H2,1-5H3,(H,30,38)(H,31,35)(H,32,37)/b11-9-/t19-,20-,21+,22+,29-/m1/s1. The van der Waals surface area contributed by atoms with E-state index in [1.165, 1.54) is 11.8 Å². The summed E-state index contributed by atoms with van der Waals surface area (Å²) in [6.45, 7) is 7.83. The lowest BCUT2D eigenvalue weighted by Crippen LogP contribution is -2.58. The largest absolute Gasteiger partial charge is 0.461 e. The maximum absolute atomic E-state index is 13.9. The predicted molar refractivity (Wildman–Crippen MR) is 155 cm³/mol. The van der Waals surface area contributed by atoms with E-state index in [1.807, 2.05) is 12.2 Å². The fraction of sp³-hybridized carbons (Fsp3) is 0.759. The molecule has 0 aromatic carbocycles. The average Bonchev–Trinajstić information content (AvgIpc) is 3.75. The first-order valence-corrected chi connectivity index (χ1v) is 16.5. The van der Waals surface area contributed by atoms with Crippen molar-refractivity contribution < 1.29 is 41.9 Å². The zero-order valence-electron chi connectivity index (χ0n) is 25.6. The van der Waals surface area contributed by atoms with Crippen molar-refractivity contribution in [2.75, 3.05) is 6.54 Å². The number of amides is 4. The van der Waals surface area contributed by atoms with Gasteiger partial charge in [0.1, 0.15) is 29.3 Å². The summed E-state index contributed by atoms with van der Waals surface area (Å²) in [7, 11) is -3.96. The number of carbonyl (C=O) groups excluding carboxylic acids is 5. The quantitative estimate of drug-likeness (QED) is 0.304. The Labute approximate surface area is 252 Å². The van der Waals surface area contributed by atoms with E-state index in [1.54, 1.807) is 27.7 Å². The third kappa shape index (κ3) is 7.68. The van der Waals surface area contributed by atoms with Gasteiger partial charge in [-0.1, -0.05) is 25.0 Å². The summed E-state index contributed by atoms with van der Waals surface area (Å²) in [6.07, 6.45) is 6.40. The van der Waals surface area contributed by atoms with Gasteiger partial charge in [0.15, 0.2) is 0 Å². The summed E-state index contributed by atoms with van der Waals surface area (Å²) in [4.78, 5) is 66.9. The molecule has 43 heavy (non-hydrogen) atoms. The van der Waals surface area contributed by atoms with E-state index in [0.29, 0.717) is 32.1 Å². The van der Waals surface area contributed by atoms with Crippen molar-refractivity contribution in [2.24, 2.45) is 5.92 Å². The molecule has 2 aliphatic heterocycles. The van der Waals surface area contributed by atoms with Gasteiger partial charge in [0, 0.05) is 19.3 Å². The van der Waals surface area contributed by atoms with Crippen molar-refractivity contribution in [1.29, 1.82) is 0 Å². The number of hydrogen-bond acceptors (Lipinski definition) is 9. The predicted octanol–water partition coefficient (Wildman–Crippen LogP) is 1.81. The molecule has 0 bridgehead atoms. The van der Waals surface area contributed by atoms with Gasteiger partial charge in [-0.15, -0.1) is 0 Å². The maximum Gasteiger partial charge on any atom is 0.408 e. The monoisotopic (exact) mass is 624 g/mol. The van der Waals surface area contributed by atoms with Gasteiger partial charge in [0.2, 0.25) is 21.8 Å². The van der Waals surface area contributed by atoms with E-state index in [4.69, 9.17) is 9.47 Å². The van der Waals surface area contributed by atoms with Crippen LogP contribution in [0.5, 0.6) is 0 Å². The van der Waals surface area contributed by atoms with Crippen LogP contribution in [0.2, 0.25) is 0 Å². The highest BCUT2D eigenvalue weighted by molar-refractivity contribution is 7.91. The van der Waals surface area contributed by atoms with E-state index in [9.17, 15) is 32.4 Å². The van der Waals surface area contributed by atoms with Gasteiger partial charge in [0.25, 0.3) is 5.91 Å². The second kappa shape index (κ2) is 12.1. The van der Waals surface area contributed by atoms with Crippen molar-refractivity contribution >= 4 is 39.8 Å². The minimum absolute atomic E-state index is 0.0229. The van der Waals surface area contributed by atoms with Crippen LogP contribution >= 0.6 is 0 Å². The molecule has 2 aliphatic carbocycles. The Balaban J connectivity index is 1.62. The van der Waals surface area contributed by atoms with E-state index >= 15 is 0 Å². The summed E-state index contributed by atoms with van der Waals surface area (Å²) in [5.74, 6) is -3.03. The molecule has 14 heteroatoms. The Morgan fingerprint density at radius 1 is 1.12 bits per heavy atom. The van der Waals surface area contributed by atoms with Crippen molar-refractivity contribution in [3.63, 3.8) is 0 Å². The third-order valence-electron chi connectivity index (χ3n) is 8.50. The SMILES string of the molecule is CC(=O)O[C@@H]1C[C@H]2C(=O)N[C@]3(C(=O)NS(=O)(=O)C4(C)CC4)C[C@H]3/C=C\CCCCC[C@H](NC(=O)OC(C)(C)C)C(=O)N2C1. The molecule has 0 spiro atoms. The number of alkyl carbamates (subject to hydrolysis) is 1. The molecular weight excluding hydrogens is 580 g/mol. The first-order valence-electron chi connectivity index (χ1n) is 15.0. The molecule has 240 valence electrons. The lowest BCUT2D eigenvalue weighted by Gasteiger charge is -2.30. The molecule has 5 atom stereocenters. The second-order valence-corrected chi connectivity index (χ2v) is 15.6. The Morgan fingerprint density at radius 3 is 2.44 bits per heavy atom. The van der Waals surface area contributed by atoms with E-state index in [2.05, 4.69) is 15.4 Å². The zero-order chi connectivity index (χ0) is 31.8. The van der Waals surface area contributed by atoms with Gasteiger partial charge in [0.05, 0.1) is 11.3 Å². The van der Waals surface area contributed by atoms with Crippen LogP contribution in [0.1, 0.15) is 92.4 Å². The fourth-order valence-electron chi connectivity index (χ4n) is 5.63. The number of carbonyl (C=O) groups is 5. The van der Waals surface area contributed by atoms with Crippen LogP contribution in [0, 0.1) is 5.92 Å². The van der Waals surface area contributed by atoms with Crippen LogP contribution in [-0.2, 0) is 38.7 Å². The molecule has 2 heterocycles. The van der Waals surface area contributed by atoms with Gasteiger partial charge < -0.3 is 25.0 Å². The number of nitrogens with one attached hydrogen (secondary N) is 3. The molecule has 13 nitrogen and oxygen atoms in total. The molecule has 1 saturated heterocycles. The number of ether oxygens (including phenoxy) is 2. The maximum atomic E-state index is 13.9. The van der Waals surface area contributed by atoms with Crippen LogP contribution in [-0.4, -0.2) is 83.7 Å². The van der Waals surface area contributed by atoms with Crippen LogP contribution in [0.25, 0.3) is 0 Å². The van der Waals surface area contributed by atoms with Crippen molar-refractivity contribution in [2.45, 2.75) is 126 Å². The van der Waals surface area contributed by atoms with Crippen LogP contribution in [0.4, 0.5) is 4.79 Å². The molecule has 0 radical (unpaired) electrons. The molecule has 4 aliphatic rings. The van der Waals surface area contributed by atoms with Gasteiger partial charge in [-0.3, -0.25) is 23.9 Å². The van der Waals surface area contributed by atoms with Crippen molar-refractivity contribution in [1.82, 2.24) is 20.3 Å². The molecule has 2 saturated carbocycles. The number of rotatable bonds is 5. The highest BCUT2D eigenvalue weighted by Crippen LogP contribution is 2.47. The van der Waals surface area contributed by atoms with Crippen molar-refractivity contribution in [3.8, 4) is 0 Å². The Hall–Kier alpha value is -3.16. The average molecular weight is 625 g/mol. The van der Waals surface area contributed by atoms with E-state index < -0.39 is 79.8 Å². The number of hydrogen-bond donors (Lipinski definition) is 3. The first kappa shape index (κ1) is 32.7. The minimum Gasteiger partial charge on any atom is -0.461 e. The molecule has 4 amide bonds. The van der Waals surface area contributed by atoms with Gasteiger partial charge in [-0.2, -0.15) is 0 Å². The van der Waals surface area contributed by atoms with E-state index in [0.717, 1.165) is 12.8 Å². The highest BCUT2D eigenvalue weighted by atomic mass is 32.2. The Morgan fingerprint density at radius 2 is 1.81 bits per heavy atom. The second-order valence-electron chi connectivity index (χ2n) is 13.4. The number of esters is 1. The van der Waals surface area contributed by atoms with Gasteiger partial charge in [-0.25, -0.2) is 13.2 Å². The van der Waals surface area contributed by atoms with Gasteiger partial charge >= 0.3 is 12.1 Å². The molecule has 0 aromatic rings. The normalized spacial score (nSPS) is 31.6. The minimum atomic E-state index is -3.96. The highest BCUT2D eigenvalue weighted by Gasteiger charge is 2.63. The molecule has 4 rings (SSSR count).